The Bertz CT molecular complexity index is 708. The Balaban J connectivity index is 0.000000527. The SMILES string of the molecule is CCOCc1cccc(Oc2ccc(C(F)(F)F)cn2)c1.CCO[P+](C)=O. The van der Waals surface area contributed by atoms with Crippen molar-refractivity contribution in [2.75, 3.05) is 19.9 Å². The molecule has 2 rings (SSSR count). The third-order valence-corrected chi connectivity index (χ3v) is 3.59. The van der Waals surface area contributed by atoms with E-state index in [2.05, 4.69) is 9.51 Å². The molecule has 2 aromatic rings. The molecule has 0 radical (unpaired) electrons. The van der Waals surface area contributed by atoms with Crippen LogP contribution >= 0.6 is 8.03 Å². The van der Waals surface area contributed by atoms with Gasteiger partial charge in [0.1, 0.15) is 5.75 Å². The van der Waals surface area contributed by atoms with Gasteiger partial charge in [-0.2, -0.15) is 13.2 Å². The zero-order valence-electron chi connectivity index (χ0n) is 15.3. The second kappa shape index (κ2) is 11.6. The number of hydrogen-bond acceptors (Lipinski definition) is 5. The summed E-state index contributed by atoms with van der Waals surface area (Å²) in [7, 11) is -1.35. The van der Waals surface area contributed by atoms with Crippen LogP contribution in [0.25, 0.3) is 0 Å². The Kier molecular flexibility index (Phi) is 9.93. The number of halogens is 3. The summed E-state index contributed by atoms with van der Waals surface area (Å²) < 4.78 is 62.5. The molecular weight excluding hydrogens is 382 g/mol. The van der Waals surface area contributed by atoms with E-state index in [1.165, 1.54) is 6.07 Å². The van der Waals surface area contributed by atoms with E-state index < -0.39 is 19.8 Å². The fraction of sp³-hybridized carbons (Fsp3) is 0.389. The maximum absolute atomic E-state index is 12.4. The van der Waals surface area contributed by atoms with Crippen molar-refractivity contribution in [3.63, 3.8) is 0 Å². The zero-order valence-corrected chi connectivity index (χ0v) is 16.2. The standard InChI is InChI=1S/C15H14F3NO2.C3H8O2P/c1-2-20-10-11-4-3-5-13(8-11)21-14-7-6-12(9-19-14)15(16,17)18;1-3-5-6(2)4/h3-9H,2,10H2,1H3;3H2,1-2H3/q;+1. The van der Waals surface area contributed by atoms with E-state index in [1.54, 1.807) is 24.9 Å². The number of benzene rings is 1. The minimum Gasteiger partial charge on any atom is -0.439 e. The molecule has 9 heteroatoms. The molecule has 1 atom stereocenters. The van der Waals surface area contributed by atoms with Crippen molar-refractivity contribution in [2.24, 2.45) is 0 Å². The average molecular weight is 404 g/mol. The normalized spacial score (nSPS) is 11.4. The van der Waals surface area contributed by atoms with Gasteiger partial charge in [0.05, 0.1) is 18.8 Å². The van der Waals surface area contributed by atoms with Crippen LogP contribution in [0.15, 0.2) is 42.6 Å². The van der Waals surface area contributed by atoms with E-state index >= 15 is 0 Å². The first-order valence-electron chi connectivity index (χ1n) is 8.17. The van der Waals surface area contributed by atoms with Gasteiger partial charge in [-0.25, -0.2) is 4.98 Å². The molecule has 0 amide bonds. The third-order valence-electron chi connectivity index (χ3n) is 2.97. The van der Waals surface area contributed by atoms with E-state index in [4.69, 9.17) is 9.47 Å². The molecule has 0 aliphatic heterocycles. The van der Waals surface area contributed by atoms with Crippen LogP contribution in [-0.4, -0.2) is 24.9 Å². The molecule has 0 aliphatic carbocycles. The second-order valence-electron chi connectivity index (χ2n) is 5.13. The predicted molar refractivity (Wildman–Crippen MR) is 96.2 cm³/mol. The van der Waals surface area contributed by atoms with Gasteiger partial charge in [0.15, 0.2) is 6.66 Å². The summed E-state index contributed by atoms with van der Waals surface area (Å²) in [6, 6.07) is 9.25. The Morgan fingerprint density at radius 1 is 1.11 bits per heavy atom. The number of ether oxygens (including phenoxy) is 2. The van der Waals surface area contributed by atoms with Crippen molar-refractivity contribution in [1.82, 2.24) is 4.98 Å². The van der Waals surface area contributed by atoms with E-state index in [-0.39, 0.29) is 5.88 Å². The van der Waals surface area contributed by atoms with Crippen LogP contribution in [-0.2, 0) is 26.6 Å². The minimum atomic E-state index is -4.40. The van der Waals surface area contributed by atoms with Crippen LogP contribution in [0.3, 0.4) is 0 Å². The number of alkyl halides is 3. The van der Waals surface area contributed by atoms with E-state index in [0.717, 1.165) is 17.8 Å². The molecule has 148 valence electrons. The zero-order chi connectivity index (χ0) is 20.3. The maximum Gasteiger partial charge on any atom is 0.504 e. The second-order valence-corrected chi connectivity index (χ2v) is 6.26. The summed E-state index contributed by atoms with van der Waals surface area (Å²) in [6.07, 6.45) is -3.65. The van der Waals surface area contributed by atoms with E-state index in [9.17, 15) is 17.7 Å². The van der Waals surface area contributed by atoms with Crippen LogP contribution < -0.4 is 4.74 Å². The van der Waals surface area contributed by atoms with Gasteiger partial charge in [-0.05, 0) is 42.2 Å². The van der Waals surface area contributed by atoms with Gasteiger partial charge in [-0.15, -0.1) is 4.52 Å². The molecule has 5 nitrogen and oxygen atoms in total. The Hall–Kier alpha value is -2.02. The van der Waals surface area contributed by atoms with Crippen LogP contribution in [0.1, 0.15) is 25.0 Å². The number of rotatable bonds is 7. The Morgan fingerprint density at radius 2 is 1.85 bits per heavy atom. The highest BCUT2D eigenvalue weighted by molar-refractivity contribution is 7.38. The van der Waals surface area contributed by atoms with E-state index in [0.29, 0.717) is 25.6 Å². The molecule has 1 unspecified atom stereocenters. The van der Waals surface area contributed by atoms with Gasteiger partial charge in [0.2, 0.25) is 5.88 Å². The van der Waals surface area contributed by atoms with Crippen molar-refractivity contribution in [1.29, 1.82) is 0 Å². The predicted octanol–water partition coefficient (Wildman–Crippen LogP) is 5.82. The largest absolute Gasteiger partial charge is 0.504 e. The number of aromatic nitrogens is 1. The van der Waals surface area contributed by atoms with E-state index in [1.807, 2.05) is 19.9 Å². The highest BCUT2D eigenvalue weighted by atomic mass is 31.1. The first-order chi connectivity index (χ1) is 12.8. The van der Waals surface area contributed by atoms with Gasteiger partial charge >= 0.3 is 14.2 Å². The summed E-state index contributed by atoms with van der Waals surface area (Å²) in [5.74, 6) is 0.607. The molecular formula is C18H22F3NO4P+. The van der Waals surface area contributed by atoms with Crippen LogP contribution in [0, 0.1) is 0 Å². The van der Waals surface area contributed by atoms with Crippen molar-refractivity contribution in [3.8, 4) is 11.6 Å². The lowest BCUT2D eigenvalue weighted by Crippen LogP contribution is -2.05. The number of nitrogens with zero attached hydrogens (tertiary/aromatic N) is 1. The van der Waals surface area contributed by atoms with Crippen LogP contribution in [0.4, 0.5) is 13.2 Å². The number of hydrogen-bond donors (Lipinski definition) is 0. The first kappa shape index (κ1) is 23.0. The molecule has 0 spiro atoms. The Morgan fingerprint density at radius 3 is 2.33 bits per heavy atom. The summed E-state index contributed by atoms with van der Waals surface area (Å²) in [5.41, 5.74) is 0.112. The molecule has 1 aromatic heterocycles. The molecule has 1 heterocycles. The topological polar surface area (TPSA) is 57.6 Å². The highest BCUT2D eigenvalue weighted by Gasteiger charge is 2.30. The molecule has 0 aliphatic rings. The Labute approximate surface area is 157 Å². The van der Waals surface area contributed by atoms with Crippen molar-refractivity contribution in [2.45, 2.75) is 26.6 Å². The molecule has 0 saturated heterocycles. The van der Waals surface area contributed by atoms with Crippen molar-refractivity contribution >= 4 is 8.03 Å². The lowest BCUT2D eigenvalue weighted by atomic mass is 10.2. The number of pyridine rings is 1. The van der Waals surface area contributed by atoms with Crippen molar-refractivity contribution < 1.29 is 31.7 Å². The summed E-state index contributed by atoms with van der Waals surface area (Å²) in [5, 5.41) is 0. The molecule has 27 heavy (non-hydrogen) atoms. The lowest BCUT2D eigenvalue weighted by Gasteiger charge is -2.09. The fourth-order valence-corrected chi connectivity index (χ4v) is 2.19. The smallest absolute Gasteiger partial charge is 0.439 e. The van der Waals surface area contributed by atoms with Gasteiger partial charge in [-0.3, -0.25) is 0 Å². The van der Waals surface area contributed by atoms with Crippen molar-refractivity contribution in [3.05, 3.63) is 53.7 Å². The fourth-order valence-electron chi connectivity index (χ4n) is 1.83. The summed E-state index contributed by atoms with van der Waals surface area (Å²) in [6.45, 7) is 6.85. The van der Waals surface area contributed by atoms with Gasteiger partial charge < -0.3 is 9.47 Å². The molecule has 0 fully saturated rings. The van der Waals surface area contributed by atoms with Gasteiger partial charge in [-0.1, -0.05) is 12.1 Å². The third kappa shape index (κ3) is 9.47. The maximum atomic E-state index is 12.4. The lowest BCUT2D eigenvalue weighted by molar-refractivity contribution is -0.137. The quantitative estimate of drug-likeness (QED) is 0.544. The monoisotopic (exact) mass is 404 g/mol. The van der Waals surface area contributed by atoms with Crippen LogP contribution in [0.2, 0.25) is 0 Å². The molecule has 1 aromatic carbocycles. The summed E-state index contributed by atoms with van der Waals surface area (Å²) in [4.78, 5) is 3.66. The minimum absolute atomic E-state index is 0.108. The molecule has 0 saturated carbocycles. The molecule has 0 bridgehead atoms. The molecule has 0 N–H and O–H groups in total. The average Bonchev–Trinajstić information content (AvgIpc) is 2.60. The summed E-state index contributed by atoms with van der Waals surface area (Å²) >= 11 is 0. The van der Waals surface area contributed by atoms with Gasteiger partial charge in [0, 0.05) is 18.9 Å². The van der Waals surface area contributed by atoms with Gasteiger partial charge in [0.25, 0.3) is 0 Å². The van der Waals surface area contributed by atoms with Crippen LogP contribution in [0.5, 0.6) is 11.6 Å². The first-order valence-corrected chi connectivity index (χ1v) is 9.80. The highest BCUT2D eigenvalue weighted by Crippen LogP contribution is 2.30.